The highest BCUT2D eigenvalue weighted by Crippen LogP contribution is 2.27. The fourth-order valence-electron chi connectivity index (χ4n) is 3.06. The molecular weight excluding hydrogens is 246 g/mol. The molecule has 0 bridgehead atoms. The molecule has 2 aliphatic rings. The Morgan fingerprint density at radius 1 is 1.20 bits per heavy atom. The van der Waals surface area contributed by atoms with E-state index in [1.165, 1.54) is 30.4 Å². The van der Waals surface area contributed by atoms with Crippen LogP contribution in [0.5, 0.6) is 0 Å². The van der Waals surface area contributed by atoms with Gasteiger partial charge in [0.05, 0.1) is 0 Å². The van der Waals surface area contributed by atoms with E-state index in [1.807, 2.05) is 12.1 Å². The third-order valence-electron chi connectivity index (χ3n) is 4.28. The summed E-state index contributed by atoms with van der Waals surface area (Å²) in [5.41, 5.74) is 5.28. The molecule has 3 rings (SSSR count). The van der Waals surface area contributed by atoms with E-state index in [4.69, 9.17) is 0 Å². The Bertz CT molecular complexity index is 566. The van der Waals surface area contributed by atoms with Crippen molar-refractivity contribution in [2.24, 2.45) is 0 Å². The van der Waals surface area contributed by atoms with Gasteiger partial charge in [-0.05, 0) is 37.3 Å². The Hall–Kier alpha value is -1.67. The van der Waals surface area contributed by atoms with Gasteiger partial charge in [0.1, 0.15) is 0 Å². The van der Waals surface area contributed by atoms with Crippen LogP contribution in [0.2, 0.25) is 0 Å². The Kier molecular flexibility index (Phi) is 3.83. The second-order valence-corrected chi connectivity index (χ2v) is 5.78. The topological polar surface area (TPSA) is 20.3 Å². The summed E-state index contributed by atoms with van der Waals surface area (Å²) < 4.78 is 0. The van der Waals surface area contributed by atoms with Gasteiger partial charge in [-0.3, -0.25) is 9.69 Å². The molecule has 0 radical (unpaired) electrons. The Balaban J connectivity index is 1.65. The van der Waals surface area contributed by atoms with Crippen molar-refractivity contribution in [1.82, 2.24) is 4.90 Å². The molecule has 0 amide bonds. The number of benzene rings is 1. The molecule has 20 heavy (non-hydrogen) atoms. The van der Waals surface area contributed by atoms with Crippen LogP contribution in [0.3, 0.4) is 0 Å². The number of Topliss-reactive ketones (excluding diaryl/α,β-unsaturated/α-hetero) is 1. The molecular formula is C18H21NO. The molecule has 1 aromatic rings. The molecule has 0 spiro atoms. The van der Waals surface area contributed by atoms with Crippen LogP contribution in [0.15, 0.2) is 47.6 Å². The SMILES string of the molecule is CC(=O)c1ccc(CN2CCC3=C(C=CCC3)C2)cc1. The molecule has 0 unspecified atom stereocenters. The molecule has 0 atom stereocenters. The van der Waals surface area contributed by atoms with Gasteiger partial charge in [0, 0.05) is 25.2 Å². The molecule has 2 nitrogen and oxygen atoms in total. The van der Waals surface area contributed by atoms with Crippen molar-refractivity contribution in [3.63, 3.8) is 0 Å². The molecule has 1 aromatic carbocycles. The summed E-state index contributed by atoms with van der Waals surface area (Å²) in [5.74, 6) is 0.136. The van der Waals surface area contributed by atoms with Crippen molar-refractivity contribution >= 4 is 5.78 Å². The van der Waals surface area contributed by atoms with E-state index in [0.29, 0.717) is 0 Å². The molecule has 0 aromatic heterocycles. The van der Waals surface area contributed by atoms with Gasteiger partial charge in [-0.2, -0.15) is 0 Å². The quantitative estimate of drug-likeness (QED) is 0.778. The van der Waals surface area contributed by atoms with Crippen LogP contribution in [-0.2, 0) is 6.54 Å². The Morgan fingerprint density at radius 2 is 2.00 bits per heavy atom. The maximum atomic E-state index is 11.3. The lowest BCUT2D eigenvalue weighted by molar-refractivity contribution is 0.101. The van der Waals surface area contributed by atoms with E-state index < -0.39 is 0 Å². The van der Waals surface area contributed by atoms with E-state index in [-0.39, 0.29) is 5.78 Å². The second kappa shape index (κ2) is 5.76. The lowest BCUT2D eigenvalue weighted by Gasteiger charge is -2.31. The highest BCUT2D eigenvalue weighted by atomic mass is 16.1. The predicted octanol–water partition coefficient (Wildman–Crippen LogP) is 3.74. The van der Waals surface area contributed by atoms with Crippen LogP contribution in [0.1, 0.15) is 42.1 Å². The van der Waals surface area contributed by atoms with Gasteiger partial charge in [0.2, 0.25) is 0 Å². The summed E-state index contributed by atoms with van der Waals surface area (Å²) in [5, 5.41) is 0. The fourth-order valence-corrected chi connectivity index (χ4v) is 3.06. The summed E-state index contributed by atoms with van der Waals surface area (Å²) in [7, 11) is 0. The predicted molar refractivity (Wildman–Crippen MR) is 81.7 cm³/mol. The zero-order valence-electron chi connectivity index (χ0n) is 12.1. The van der Waals surface area contributed by atoms with E-state index in [2.05, 4.69) is 29.2 Å². The van der Waals surface area contributed by atoms with Crippen molar-refractivity contribution in [3.05, 3.63) is 58.7 Å². The summed E-state index contributed by atoms with van der Waals surface area (Å²) in [4.78, 5) is 13.8. The van der Waals surface area contributed by atoms with Crippen LogP contribution in [0.25, 0.3) is 0 Å². The summed E-state index contributed by atoms with van der Waals surface area (Å²) >= 11 is 0. The first-order valence-electron chi connectivity index (χ1n) is 7.42. The zero-order chi connectivity index (χ0) is 13.9. The van der Waals surface area contributed by atoms with Crippen LogP contribution >= 0.6 is 0 Å². The molecule has 0 fully saturated rings. The molecule has 0 N–H and O–H groups in total. The lowest BCUT2D eigenvalue weighted by atomic mass is 9.91. The lowest BCUT2D eigenvalue weighted by Crippen LogP contribution is -2.31. The number of rotatable bonds is 3. The summed E-state index contributed by atoms with van der Waals surface area (Å²) in [6, 6.07) is 8.04. The smallest absolute Gasteiger partial charge is 0.159 e. The second-order valence-electron chi connectivity index (χ2n) is 5.78. The first-order chi connectivity index (χ1) is 9.72. The Morgan fingerprint density at radius 3 is 2.75 bits per heavy atom. The van der Waals surface area contributed by atoms with E-state index >= 15 is 0 Å². The van der Waals surface area contributed by atoms with E-state index in [0.717, 1.165) is 25.2 Å². The average molecular weight is 267 g/mol. The highest BCUT2D eigenvalue weighted by Gasteiger charge is 2.18. The molecule has 1 aliphatic carbocycles. The van der Waals surface area contributed by atoms with Crippen LogP contribution in [-0.4, -0.2) is 23.8 Å². The third-order valence-corrected chi connectivity index (χ3v) is 4.28. The van der Waals surface area contributed by atoms with Crippen LogP contribution in [0.4, 0.5) is 0 Å². The summed E-state index contributed by atoms with van der Waals surface area (Å²) in [6.07, 6.45) is 8.29. The van der Waals surface area contributed by atoms with Crippen LogP contribution in [0, 0.1) is 0 Å². The number of carbonyl (C=O) groups excluding carboxylic acids is 1. The monoisotopic (exact) mass is 267 g/mol. The minimum absolute atomic E-state index is 0.136. The van der Waals surface area contributed by atoms with Crippen LogP contribution < -0.4 is 0 Å². The fraction of sp³-hybridized carbons (Fsp3) is 0.389. The number of nitrogens with zero attached hydrogens (tertiary/aromatic N) is 1. The Labute approximate surface area is 120 Å². The minimum Gasteiger partial charge on any atom is -0.295 e. The van der Waals surface area contributed by atoms with Crippen molar-refractivity contribution < 1.29 is 4.79 Å². The molecule has 1 heterocycles. The zero-order valence-corrected chi connectivity index (χ0v) is 12.1. The number of carbonyl (C=O) groups is 1. The molecule has 1 aliphatic heterocycles. The number of allylic oxidation sites excluding steroid dienone is 1. The number of ketones is 1. The standard InChI is InChI=1S/C18H21NO/c1-14(20)16-8-6-15(7-9-16)12-19-11-10-17-4-2-3-5-18(17)13-19/h3,5-9H,2,4,10-13H2,1H3. The molecule has 0 saturated heterocycles. The van der Waals surface area contributed by atoms with Gasteiger partial charge in [-0.25, -0.2) is 0 Å². The first kappa shape index (κ1) is 13.3. The van der Waals surface area contributed by atoms with Gasteiger partial charge in [0.25, 0.3) is 0 Å². The van der Waals surface area contributed by atoms with Gasteiger partial charge in [-0.1, -0.05) is 42.0 Å². The summed E-state index contributed by atoms with van der Waals surface area (Å²) in [6.45, 7) is 4.81. The van der Waals surface area contributed by atoms with E-state index in [1.54, 1.807) is 12.5 Å². The van der Waals surface area contributed by atoms with Gasteiger partial charge in [-0.15, -0.1) is 0 Å². The molecule has 2 heteroatoms. The average Bonchev–Trinajstić information content (AvgIpc) is 2.48. The van der Waals surface area contributed by atoms with Gasteiger partial charge < -0.3 is 0 Å². The normalized spacial score (nSPS) is 19.1. The van der Waals surface area contributed by atoms with Crippen molar-refractivity contribution in [2.45, 2.75) is 32.7 Å². The number of hydrogen-bond donors (Lipinski definition) is 0. The minimum atomic E-state index is 0.136. The molecule has 0 saturated carbocycles. The van der Waals surface area contributed by atoms with Crippen molar-refractivity contribution in [1.29, 1.82) is 0 Å². The molecule has 104 valence electrons. The largest absolute Gasteiger partial charge is 0.295 e. The number of hydrogen-bond acceptors (Lipinski definition) is 2. The third kappa shape index (κ3) is 2.91. The first-order valence-corrected chi connectivity index (χ1v) is 7.42. The van der Waals surface area contributed by atoms with Crippen molar-refractivity contribution in [3.8, 4) is 0 Å². The highest BCUT2D eigenvalue weighted by molar-refractivity contribution is 5.93. The van der Waals surface area contributed by atoms with Gasteiger partial charge in [0.15, 0.2) is 5.78 Å². The maximum absolute atomic E-state index is 11.3. The van der Waals surface area contributed by atoms with Crippen molar-refractivity contribution in [2.75, 3.05) is 13.1 Å². The van der Waals surface area contributed by atoms with Gasteiger partial charge >= 0.3 is 0 Å². The van der Waals surface area contributed by atoms with E-state index in [9.17, 15) is 4.79 Å². The maximum Gasteiger partial charge on any atom is 0.159 e.